The Balaban J connectivity index is 0.000000225. The number of nitrogens with zero attached hydrogens (tertiary/aromatic N) is 5. The molecule has 10 heteroatoms. The molecule has 1 N–H and O–H groups in total. The SMILES string of the molecule is CC(C)(C)C(=O)C=C(O)C(C)(C)C.CC(C)Cc1ccc(-c2ccnc(-c3[c-]cccc3)c2)cc1.Cc1[c-]c(-c2cc(CC(C)C)c3ccccc3n2)cc(C)c1.Cc1ccc(-c2[c-]cccc2)nc1.[Ir].[Ir].[Ir].[c-]1ccccc1-c1ccc(-c2ccccc2)cn1.[c-]1ccccc1-c1ccccn1. The molecule has 5 aromatic heterocycles. The first kappa shape index (κ1) is 84.6. The van der Waals surface area contributed by atoms with Crippen molar-refractivity contribution in [2.75, 3.05) is 0 Å². The summed E-state index contributed by atoms with van der Waals surface area (Å²) >= 11 is 0. The minimum absolute atomic E-state index is 0. The minimum atomic E-state index is -0.417. The van der Waals surface area contributed by atoms with Crippen LogP contribution in [0.3, 0.4) is 0 Å². The van der Waals surface area contributed by atoms with E-state index in [1.807, 2.05) is 213 Å². The second-order valence-corrected chi connectivity index (χ2v) is 27.5. The Morgan fingerprint density at radius 2 is 0.913 bits per heavy atom. The third-order valence-electron chi connectivity index (χ3n) is 15.7. The third kappa shape index (κ3) is 27.9. The smallest absolute Gasteiger partial charge is 0.164 e. The summed E-state index contributed by atoms with van der Waals surface area (Å²) in [5.41, 5.74) is 21.5. The van der Waals surface area contributed by atoms with Gasteiger partial charge in [-0.3, -0.25) is 9.78 Å². The van der Waals surface area contributed by atoms with Crippen LogP contribution in [-0.4, -0.2) is 35.8 Å². The molecule has 533 valence electrons. The number of benzene rings is 8. The summed E-state index contributed by atoms with van der Waals surface area (Å²) in [6.07, 6.45) is 11.0. The number of carbonyl (C=O) groups is 1. The van der Waals surface area contributed by atoms with Crippen LogP contribution in [0.4, 0.5) is 0 Å². The van der Waals surface area contributed by atoms with Gasteiger partial charge in [0.2, 0.25) is 0 Å². The van der Waals surface area contributed by atoms with E-state index < -0.39 is 5.41 Å². The number of hydrogen-bond donors (Lipinski definition) is 1. The molecule has 0 amide bonds. The number of aromatic nitrogens is 5. The van der Waals surface area contributed by atoms with Crippen LogP contribution in [0, 0.1) is 73.8 Å². The fourth-order valence-electron chi connectivity index (χ4n) is 10.4. The molecule has 0 unspecified atom stereocenters. The summed E-state index contributed by atoms with van der Waals surface area (Å²) in [5.74, 6) is 1.42. The summed E-state index contributed by atoms with van der Waals surface area (Å²) in [4.78, 5) is 33.8. The van der Waals surface area contributed by atoms with Gasteiger partial charge in [0.05, 0.1) is 5.52 Å². The summed E-state index contributed by atoms with van der Waals surface area (Å²) in [6, 6.07) is 100. The maximum absolute atomic E-state index is 11.5. The number of rotatable bonds is 12. The van der Waals surface area contributed by atoms with Gasteiger partial charge in [-0.15, -0.1) is 178 Å². The first-order valence-corrected chi connectivity index (χ1v) is 34.2. The zero-order chi connectivity index (χ0) is 71.4. The Hall–Kier alpha value is -9.07. The van der Waals surface area contributed by atoms with Crippen LogP contribution >= 0.6 is 0 Å². The van der Waals surface area contributed by atoms with Gasteiger partial charge in [-0.25, -0.2) is 0 Å². The van der Waals surface area contributed by atoms with Crippen molar-refractivity contribution < 1.29 is 70.2 Å². The number of ketones is 1. The zero-order valence-electron chi connectivity index (χ0n) is 61.2. The van der Waals surface area contributed by atoms with Gasteiger partial charge in [0.15, 0.2) is 5.78 Å². The number of hydrogen-bond acceptors (Lipinski definition) is 7. The van der Waals surface area contributed by atoms with Crippen LogP contribution in [0.5, 0.6) is 0 Å². The van der Waals surface area contributed by atoms with Gasteiger partial charge < -0.3 is 25.0 Å². The second kappa shape index (κ2) is 42.5. The first-order valence-electron chi connectivity index (χ1n) is 34.2. The molecule has 0 aliphatic carbocycles. The van der Waals surface area contributed by atoms with Crippen molar-refractivity contribution in [1.82, 2.24) is 24.9 Å². The van der Waals surface area contributed by atoms with E-state index in [1.54, 1.807) is 6.20 Å². The Labute approximate surface area is 654 Å². The normalized spacial score (nSPS) is 10.7. The molecule has 8 aromatic carbocycles. The Kier molecular flexibility index (Phi) is 34.9. The Morgan fingerprint density at radius 3 is 1.40 bits per heavy atom. The summed E-state index contributed by atoms with van der Waals surface area (Å²) in [5, 5.41) is 10.8. The van der Waals surface area contributed by atoms with Crippen molar-refractivity contribution in [1.29, 1.82) is 0 Å². The van der Waals surface area contributed by atoms with Gasteiger partial charge in [0.25, 0.3) is 0 Å². The first-order chi connectivity index (χ1) is 48.1. The van der Waals surface area contributed by atoms with Crippen LogP contribution in [0.15, 0.2) is 285 Å². The molecule has 0 aliphatic rings. The van der Waals surface area contributed by atoms with Gasteiger partial charge in [-0.1, -0.05) is 204 Å². The molecule has 13 rings (SSSR count). The van der Waals surface area contributed by atoms with Crippen molar-refractivity contribution >= 4 is 16.7 Å². The molecule has 0 spiro atoms. The van der Waals surface area contributed by atoms with Gasteiger partial charge in [0, 0.05) is 107 Å². The number of carbonyl (C=O) groups excluding carboxylic acids is 1. The molecule has 0 atom stereocenters. The van der Waals surface area contributed by atoms with Crippen molar-refractivity contribution in [2.45, 2.75) is 103 Å². The van der Waals surface area contributed by atoms with E-state index in [1.165, 1.54) is 50.4 Å². The number of allylic oxidation sites excluding steroid dienone is 2. The average molecular weight is 1890 g/mol. The van der Waals surface area contributed by atoms with E-state index in [9.17, 15) is 9.90 Å². The molecular formula is C93H92Ir3N5O2-5. The van der Waals surface area contributed by atoms with E-state index in [0.717, 1.165) is 85.8 Å². The molecule has 0 fully saturated rings. The fraction of sp³-hybridized carbons (Fsp3) is 0.204. The summed E-state index contributed by atoms with van der Waals surface area (Å²) in [7, 11) is 0. The molecule has 13 aromatic rings. The van der Waals surface area contributed by atoms with E-state index in [2.05, 4.69) is 195 Å². The van der Waals surface area contributed by atoms with Crippen molar-refractivity contribution in [2.24, 2.45) is 22.7 Å². The Bertz CT molecular complexity index is 4510. The van der Waals surface area contributed by atoms with E-state index in [4.69, 9.17) is 4.98 Å². The standard InChI is InChI=1S/C21H22N.C21H20N.C17H12N.C12H10N.C11H8N.C11H20O2.3Ir/c1-14(2)9-17-13-21(18-11-15(3)10-16(4)12-18)22-20-8-6-5-7-19(17)20;1-16(2)14-17-8-10-18(11-9-17)20-12-13-22-21(15-20)19-6-4-3-5-7-19;1-3-7-14(8-4-1)16-11-12-17(18-13-16)15-9-5-2-6-10-15;1-10-7-8-12(13-9-10)11-5-3-2-4-6-11;1-2-6-10(7-3-1)11-8-4-5-9-12-11;1-10(2,3)8(12)7-9(13)11(4,5)6;;;/h5-8,10-11,13-14H,9H2,1-4H3;3-6,8-13,15-16H,14H2,1-2H3;1-9,11-13H;2-5,7-9H,1H3;1-6,8-9H;7,12H,1-6H3;;;/q5*-1;;;;. The van der Waals surface area contributed by atoms with Crippen LogP contribution < -0.4 is 0 Å². The van der Waals surface area contributed by atoms with Gasteiger partial charge >= 0.3 is 0 Å². The molecule has 0 aliphatic heterocycles. The topological polar surface area (TPSA) is 102 Å². The van der Waals surface area contributed by atoms with Crippen molar-refractivity contribution in [3.63, 3.8) is 0 Å². The monoisotopic (exact) mass is 1890 g/mol. The van der Waals surface area contributed by atoms with Crippen LogP contribution in [0.1, 0.15) is 97.1 Å². The predicted octanol–water partition coefficient (Wildman–Crippen LogP) is 23.6. The average Bonchev–Trinajstić information content (AvgIpc) is 0.792. The third-order valence-corrected chi connectivity index (χ3v) is 15.7. The van der Waals surface area contributed by atoms with Crippen molar-refractivity contribution in [3.8, 4) is 78.5 Å². The molecule has 7 nitrogen and oxygen atoms in total. The van der Waals surface area contributed by atoms with Crippen molar-refractivity contribution in [3.05, 3.63) is 343 Å². The maximum atomic E-state index is 11.5. The molecular weight excluding hydrogens is 1800 g/mol. The molecule has 5 heterocycles. The molecule has 103 heavy (non-hydrogen) atoms. The van der Waals surface area contributed by atoms with E-state index in [0.29, 0.717) is 11.8 Å². The number of fused-ring (bicyclic) bond motifs is 1. The van der Waals surface area contributed by atoms with Crippen LogP contribution in [0.25, 0.3) is 89.4 Å². The minimum Gasteiger partial charge on any atom is -0.512 e. The second-order valence-electron chi connectivity index (χ2n) is 27.5. The van der Waals surface area contributed by atoms with Crippen LogP contribution in [0.2, 0.25) is 0 Å². The number of para-hydroxylation sites is 1. The largest absolute Gasteiger partial charge is 0.512 e. The van der Waals surface area contributed by atoms with Gasteiger partial charge in [0.1, 0.15) is 5.76 Å². The molecule has 3 radical (unpaired) electrons. The maximum Gasteiger partial charge on any atom is 0.164 e. The van der Waals surface area contributed by atoms with Gasteiger partial charge in [-0.05, 0) is 117 Å². The number of aryl methyl sites for hydroxylation is 3. The summed E-state index contributed by atoms with van der Waals surface area (Å²) in [6.45, 7) is 26.4. The number of aliphatic hydroxyl groups is 1. The predicted molar refractivity (Wildman–Crippen MR) is 417 cm³/mol. The quantitative estimate of drug-likeness (QED) is 0.0738. The zero-order valence-corrected chi connectivity index (χ0v) is 68.4. The molecule has 0 saturated heterocycles. The number of aliphatic hydroxyl groups excluding tert-OH is 1. The van der Waals surface area contributed by atoms with Crippen LogP contribution in [-0.2, 0) is 78.0 Å². The number of pyridine rings is 5. The van der Waals surface area contributed by atoms with E-state index >= 15 is 0 Å². The fourth-order valence-corrected chi connectivity index (χ4v) is 10.4. The molecule has 0 saturated carbocycles. The van der Waals surface area contributed by atoms with E-state index in [-0.39, 0.29) is 77.3 Å². The molecule has 0 bridgehead atoms. The summed E-state index contributed by atoms with van der Waals surface area (Å²) < 4.78 is 0. The Morgan fingerprint density at radius 1 is 0.417 bits per heavy atom. The van der Waals surface area contributed by atoms with Gasteiger partial charge in [-0.2, -0.15) is 0 Å².